The molecule has 1 aliphatic heterocycles. The lowest BCUT2D eigenvalue weighted by molar-refractivity contribution is 0.160. The molecule has 0 amide bonds. The fourth-order valence-electron chi connectivity index (χ4n) is 3.80. The van der Waals surface area contributed by atoms with E-state index in [1.54, 1.807) is 19.6 Å². The van der Waals surface area contributed by atoms with Crippen molar-refractivity contribution in [1.82, 2.24) is 24.4 Å². The van der Waals surface area contributed by atoms with Crippen molar-refractivity contribution in [2.45, 2.75) is 12.6 Å². The number of hydrogen-bond donors (Lipinski definition) is 1. The zero-order valence-electron chi connectivity index (χ0n) is 18.0. The molecule has 0 unspecified atom stereocenters. The van der Waals surface area contributed by atoms with Crippen molar-refractivity contribution in [3.63, 3.8) is 0 Å². The van der Waals surface area contributed by atoms with Crippen LogP contribution in [0.15, 0.2) is 73.3 Å². The molecular weight excluding hydrogens is 404 g/mol. The number of methoxy groups -OCH3 is 1. The Morgan fingerprint density at radius 1 is 1.03 bits per heavy atom. The van der Waals surface area contributed by atoms with Crippen molar-refractivity contribution in [3.8, 4) is 17.4 Å². The number of hydrogen-bond acceptors (Lipinski definition) is 7. The number of ether oxygens (including phenoxy) is 2. The molecule has 32 heavy (non-hydrogen) atoms. The second-order valence-electron chi connectivity index (χ2n) is 7.69. The van der Waals surface area contributed by atoms with Gasteiger partial charge in [-0.2, -0.15) is 9.97 Å². The van der Waals surface area contributed by atoms with Crippen LogP contribution in [0.5, 0.6) is 11.8 Å². The van der Waals surface area contributed by atoms with E-state index >= 15 is 0 Å². The molecule has 1 aromatic carbocycles. The highest BCUT2D eigenvalue weighted by molar-refractivity contribution is 5.57. The van der Waals surface area contributed by atoms with Crippen molar-refractivity contribution in [2.75, 3.05) is 26.0 Å². The second-order valence-corrected chi connectivity index (χ2v) is 7.69. The summed E-state index contributed by atoms with van der Waals surface area (Å²) in [6, 6.07) is 18.0. The fourth-order valence-corrected chi connectivity index (χ4v) is 3.80. The fraction of sp³-hybridized carbons (Fsp3) is 0.208. The molecule has 0 radical (unpaired) electrons. The van der Waals surface area contributed by atoms with Gasteiger partial charge < -0.3 is 19.4 Å². The molecule has 0 saturated heterocycles. The van der Waals surface area contributed by atoms with E-state index in [1.165, 1.54) is 0 Å². The summed E-state index contributed by atoms with van der Waals surface area (Å²) in [4.78, 5) is 15.7. The van der Waals surface area contributed by atoms with Gasteiger partial charge in [-0.3, -0.25) is 4.90 Å². The van der Waals surface area contributed by atoms with E-state index in [0.29, 0.717) is 23.4 Å². The first kappa shape index (κ1) is 20.0. The highest BCUT2D eigenvalue weighted by Gasteiger charge is 2.23. The van der Waals surface area contributed by atoms with Crippen LogP contribution in [0.2, 0.25) is 0 Å². The van der Waals surface area contributed by atoms with E-state index in [2.05, 4.69) is 39.4 Å². The van der Waals surface area contributed by atoms with Gasteiger partial charge in [0.25, 0.3) is 0 Å². The molecule has 1 N–H and O–H groups in total. The number of nitrogens with zero attached hydrogens (tertiary/aromatic N) is 5. The molecule has 3 aromatic heterocycles. The van der Waals surface area contributed by atoms with Crippen LogP contribution in [0.25, 0.3) is 5.69 Å². The van der Waals surface area contributed by atoms with Gasteiger partial charge in [-0.1, -0.05) is 30.3 Å². The predicted molar refractivity (Wildman–Crippen MR) is 122 cm³/mol. The van der Waals surface area contributed by atoms with Crippen molar-refractivity contribution < 1.29 is 9.47 Å². The van der Waals surface area contributed by atoms with E-state index in [4.69, 9.17) is 14.5 Å². The molecule has 5 rings (SSSR count). The minimum Gasteiger partial charge on any atom is -0.479 e. The number of imidazole rings is 1. The van der Waals surface area contributed by atoms with E-state index in [9.17, 15) is 0 Å². The molecule has 0 saturated carbocycles. The lowest BCUT2D eigenvalue weighted by Gasteiger charge is -2.20. The molecule has 1 atom stereocenters. The molecule has 1 aliphatic rings. The van der Waals surface area contributed by atoms with Gasteiger partial charge in [0, 0.05) is 31.0 Å². The lowest BCUT2D eigenvalue weighted by Crippen LogP contribution is -2.24. The summed E-state index contributed by atoms with van der Waals surface area (Å²) in [6.07, 6.45) is 5.18. The van der Waals surface area contributed by atoms with E-state index < -0.39 is 0 Å². The zero-order chi connectivity index (χ0) is 21.9. The van der Waals surface area contributed by atoms with E-state index in [1.807, 2.05) is 53.2 Å². The third-order valence-electron chi connectivity index (χ3n) is 5.35. The molecule has 8 heteroatoms. The summed E-state index contributed by atoms with van der Waals surface area (Å²) in [5.74, 6) is 2.41. The largest absolute Gasteiger partial charge is 0.479 e. The third-order valence-corrected chi connectivity index (χ3v) is 5.35. The first-order chi connectivity index (χ1) is 15.7. The van der Waals surface area contributed by atoms with Gasteiger partial charge in [0.2, 0.25) is 11.8 Å². The van der Waals surface area contributed by atoms with Crippen molar-refractivity contribution in [2.24, 2.45) is 0 Å². The number of fused-ring (bicyclic) bond motifs is 1. The first-order valence-electron chi connectivity index (χ1n) is 10.4. The number of rotatable bonds is 5. The van der Waals surface area contributed by atoms with Crippen LogP contribution in [0.4, 0.5) is 11.6 Å². The van der Waals surface area contributed by atoms with Gasteiger partial charge in [0.1, 0.15) is 23.4 Å². The van der Waals surface area contributed by atoms with E-state index in [0.717, 1.165) is 29.9 Å². The quantitative estimate of drug-likeness (QED) is 0.515. The maximum Gasteiger partial charge on any atom is 0.240 e. The smallest absolute Gasteiger partial charge is 0.240 e. The SMILES string of the molecule is COc1nc(Nc2ccc3c(n2)O[C@H](c2ccccc2)CN(C)C3)ccc1-n1ccnc1. The highest BCUT2D eigenvalue weighted by Crippen LogP contribution is 2.31. The van der Waals surface area contributed by atoms with Gasteiger partial charge in [0.05, 0.1) is 13.4 Å². The molecule has 0 spiro atoms. The lowest BCUT2D eigenvalue weighted by atomic mass is 10.1. The van der Waals surface area contributed by atoms with Gasteiger partial charge in [-0.15, -0.1) is 0 Å². The third kappa shape index (κ3) is 4.13. The van der Waals surface area contributed by atoms with Gasteiger partial charge in [-0.25, -0.2) is 4.98 Å². The Bertz CT molecular complexity index is 1200. The van der Waals surface area contributed by atoms with Gasteiger partial charge in [0.15, 0.2) is 0 Å². The number of benzene rings is 1. The maximum atomic E-state index is 6.36. The Labute approximate surface area is 186 Å². The van der Waals surface area contributed by atoms with Crippen LogP contribution < -0.4 is 14.8 Å². The standard InChI is InChI=1S/C24H24N6O2/c1-29-14-18-8-10-21(27-23(18)32-20(15-29)17-6-4-3-5-7-17)26-22-11-9-19(24(28-22)31-2)30-13-12-25-16-30/h3-13,16,20H,14-15H2,1-2H3,(H,26,27,28)/t20-/m0/s1. The van der Waals surface area contributed by atoms with Crippen molar-refractivity contribution >= 4 is 11.6 Å². The average molecular weight is 428 g/mol. The van der Waals surface area contributed by atoms with Gasteiger partial charge in [-0.05, 0) is 36.9 Å². The summed E-state index contributed by atoms with van der Waals surface area (Å²) >= 11 is 0. The molecular formula is C24H24N6O2. The predicted octanol–water partition coefficient (Wildman–Crippen LogP) is 3.98. The number of likely N-dealkylation sites (N-methyl/N-ethyl adjacent to an activating group) is 1. The second kappa shape index (κ2) is 8.68. The van der Waals surface area contributed by atoms with Crippen LogP contribution in [-0.2, 0) is 6.54 Å². The number of anilines is 2. The van der Waals surface area contributed by atoms with Crippen LogP contribution in [0, 0.1) is 0 Å². The Balaban J connectivity index is 1.41. The number of nitrogens with one attached hydrogen (secondary N) is 1. The Morgan fingerprint density at radius 2 is 1.84 bits per heavy atom. The Morgan fingerprint density at radius 3 is 2.62 bits per heavy atom. The Kier molecular flexibility index (Phi) is 5.43. The van der Waals surface area contributed by atoms with Crippen LogP contribution in [0.3, 0.4) is 0 Å². The van der Waals surface area contributed by atoms with Crippen LogP contribution in [0.1, 0.15) is 17.2 Å². The summed E-state index contributed by atoms with van der Waals surface area (Å²) in [7, 11) is 3.69. The normalized spacial score (nSPS) is 16.0. The Hall–Kier alpha value is -3.91. The summed E-state index contributed by atoms with van der Waals surface area (Å²) in [5, 5.41) is 3.27. The maximum absolute atomic E-state index is 6.36. The topological polar surface area (TPSA) is 77.3 Å². The highest BCUT2D eigenvalue weighted by atomic mass is 16.5. The molecule has 162 valence electrons. The number of aromatic nitrogens is 4. The van der Waals surface area contributed by atoms with Crippen molar-refractivity contribution in [3.05, 3.63) is 84.4 Å². The monoisotopic (exact) mass is 428 g/mol. The minimum atomic E-state index is -0.0853. The van der Waals surface area contributed by atoms with Crippen molar-refractivity contribution in [1.29, 1.82) is 0 Å². The first-order valence-corrected chi connectivity index (χ1v) is 10.4. The van der Waals surface area contributed by atoms with E-state index in [-0.39, 0.29) is 6.10 Å². The minimum absolute atomic E-state index is 0.0853. The molecule has 8 nitrogen and oxygen atoms in total. The zero-order valence-corrected chi connectivity index (χ0v) is 18.0. The summed E-state index contributed by atoms with van der Waals surface area (Å²) in [6.45, 7) is 1.56. The average Bonchev–Trinajstić information content (AvgIpc) is 3.29. The molecule has 0 aliphatic carbocycles. The summed E-state index contributed by atoms with van der Waals surface area (Å²) in [5.41, 5.74) is 2.99. The number of pyridine rings is 2. The molecule has 4 aromatic rings. The molecule has 4 heterocycles. The summed E-state index contributed by atoms with van der Waals surface area (Å²) < 4.78 is 13.7. The molecule has 0 bridgehead atoms. The molecule has 0 fully saturated rings. The van der Waals surface area contributed by atoms with Crippen LogP contribution >= 0.6 is 0 Å². The van der Waals surface area contributed by atoms with Gasteiger partial charge >= 0.3 is 0 Å². The van der Waals surface area contributed by atoms with Crippen LogP contribution in [-0.4, -0.2) is 45.1 Å².